The second kappa shape index (κ2) is 6.63. The summed E-state index contributed by atoms with van der Waals surface area (Å²) in [5, 5.41) is 0. The van der Waals surface area contributed by atoms with E-state index in [0.29, 0.717) is 0 Å². The highest BCUT2D eigenvalue weighted by Crippen LogP contribution is 2.32. The number of hydrogen-bond donors (Lipinski definition) is 0. The molecule has 4 aromatic rings. The number of pyridine rings is 1. The average Bonchev–Trinajstić information content (AvgIpc) is 3.03. The van der Waals surface area contributed by atoms with E-state index in [0.717, 1.165) is 33.7 Å². The summed E-state index contributed by atoms with van der Waals surface area (Å²) < 4.78 is 6.09. The zero-order valence-electron chi connectivity index (χ0n) is 17.6. The molecule has 0 fully saturated rings. The van der Waals surface area contributed by atoms with Crippen LogP contribution in [0, 0.1) is 20.8 Å². The number of aromatic nitrogens is 1. The Morgan fingerprint density at radius 3 is 2.04 bits per heavy atom. The minimum Gasteiger partial charge on any atom is -0.454 e. The third-order valence-corrected chi connectivity index (χ3v) is 5.12. The standard InChI is InChI=1S/C26H27NO/c1-16-9-17(2)12-20(11-16)25-15-23-24(28-25)8-7-22(27-23)19-10-18(3)13-21(14-19)26(4,5)6/h7-15H,1-6H3. The molecular weight excluding hydrogens is 342 g/mol. The van der Waals surface area contributed by atoms with Crippen LogP contribution in [0.25, 0.3) is 33.7 Å². The van der Waals surface area contributed by atoms with Gasteiger partial charge in [0.05, 0.1) is 5.69 Å². The number of fused-ring (bicyclic) bond motifs is 1. The number of rotatable bonds is 2. The maximum Gasteiger partial charge on any atom is 0.153 e. The van der Waals surface area contributed by atoms with Gasteiger partial charge in [0.2, 0.25) is 0 Å². The lowest BCUT2D eigenvalue weighted by molar-refractivity contribution is 0.590. The summed E-state index contributed by atoms with van der Waals surface area (Å²) in [4.78, 5) is 4.91. The predicted octanol–water partition coefficient (Wildman–Crippen LogP) is 7.38. The number of nitrogens with zero attached hydrogens (tertiary/aromatic N) is 1. The number of aryl methyl sites for hydroxylation is 3. The number of furan rings is 1. The fraction of sp³-hybridized carbons (Fsp3) is 0.269. The Morgan fingerprint density at radius 1 is 0.714 bits per heavy atom. The van der Waals surface area contributed by atoms with Gasteiger partial charge in [0, 0.05) is 17.2 Å². The molecule has 0 amide bonds. The molecule has 0 bridgehead atoms. The van der Waals surface area contributed by atoms with E-state index in [1.807, 2.05) is 12.1 Å². The highest BCUT2D eigenvalue weighted by Gasteiger charge is 2.16. The molecule has 4 rings (SSSR count). The molecule has 0 radical (unpaired) electrons. The van der Waals surface area contributed by atoms with E-state index in [4.69, 9.17) is 9.40 Å². The molecule has 2 heteroatoms. The molecule has 2 heterocycles. The van der Waals surface area contributed by atoms with Crippen molar-refractivity contribution in [2.75, 3.05) is 0 Å². The normalized spacial score (nSPS) is 11.9. The maximum atomic E-state index is 6.09. The summed E-state index contributed by atoms with van der Waals surface area (Å²) in [6.45, 7) is 13.1. The quantitative estimate of drug-likeness (QED) is 0.368. The topological polar surface area (TPSA) is 26.0 Å². The van der Waals surface area contributed by atoms with Crippen LogP contribution < -0.4 is 0 Å². The molecule has 0 aliphatic rings. The average molecular weight is 370 g/mol. The maximum absolute atomic E-state index is 6.09. The fourth-order valence-electron chi connectivity index (χ4n) is 3.71. The first-order valence-corrected chi connectivity index (χ1v) is 9.81. The van der Waals surface area contributed by atoms with Gasteiger partial charge in [-0.2, -0.15) is 0 Å². The van der Waals surface area contributed by atoms with Crippen LogP contribution in [-0.2, 0) is 5.41 Å². The summed E-state index contributed by atoms with van der Waals surface area (Å²) in [6.07, 6.45) is 0. The van der Waals surface area contributed by atoms with Crippen molar-refractivity contribution in [1.82, 2.24) is 4.98 Å². The Balaban J connectivity index is 1.80. The minimum absolute atomic E-state index is 0.108. The molecular formula is C26H27NO. The summed E-state index contributed by atoms with van der Waals surface area (Å²) in [6, 6.07) is 19.3. The molecule has 2 aromatic heterocycles. The van der Waals surface area contributed by atoms with Crippen LogP contribution >= 0.6 is 0 Å². The van der Waals surface area contributed by atoms with Crippen LogP contribution in [0.15, 0.2) is 59.0 Å². The predicted molar refractivity (Wildman–Crippen MR) is 118 cm³/mol. The van der Waals surface area contributed by atoms with Gasteiger partial charge >= 0.3 is 0 Å². The lowest BCUT2D eigenvalue weighted by Gasteiger charge is -2.20. The van der Waals surface area contributed by atoms with Crippen molar-refractivity contribution in [2.24, 2.45) is 0 Å². The van der Waals surface area contributed by atoms with Gasteiger partial charge in [0.15, 0.2) is 5.58 Å². The molecule has 0 aliphatic heterocycles. The fourth-order valence-corrected chi connectivity index (χ4v) is 3.71. The highest BCUT2D eigenvalue weighted by molar-refractivity contribution is 5.82. The van der Waals surface area contributed by atoms with Crippen LogP contribution in [0.5, 0.6) is 0 Å². The van der Waals surface area contributed by atoms with Crippen molar-refractivity contribution >= 4 is 11.1 Å². The van der Waals surface area contributed by atoms with E-state index in [9.17, 15) is 0 Å². The van der Waals surface area contributed by atoms with E-state index in [-0.39, 0.29) is 5.41 Å². The molecule has 2 nitrogen and oxygen atoms in total. The molecule has 0 atom stereocenters. The van der Waals surface area contributed by atoms with E-state index in [1.165, 1.54) is 22.3 Å². The molecule has 0 saturated heterocycles. The Labute approximate surface area is 167 Å². The van der Waals surface area contributed by atoms with E-state index in [2.05, 4.69) is 84.0 Å². The first-order valence-electron chi connectivity index (χ1n) is 9.81. The first kappa shape index (κ1) is 18.5. The number of hydrogen-bond acceptors (Lipinski definition) is 2. The van der Waals surface area contributed by atoms with Crippen molar-refractivity contribution in [3.8, 4) is 22.6 Å². The van der Waals surface area contributed by atoms with Crippen LogP contribution in [0.1, 0.15) is 43.0 Å². The van der Waals surface area contributed by atoms with Crippen molar-refractivity contribution in [3.63, 3.8) is 0 Å². The van der Waals surface area contributed by atoms with E-state index in [1.54, 1.807) is 0 Å². The summed E-state index contributed by atoms with van der Waals surface area (Å²) in [5.74, 6) is 0.867. The molecule has 0 spiro atoms. The zero-order valence-corrected chi connectivity index (χ0v) is 17.6. The summed E-state index contributed by atoms with van der Waals surface area (Å²) in [5.41, 5.74) is 10.1. The molecule has 0 unspecified atom stereocenters. The summed E-state index contributed by atoms with van der Waals surface area (Å²) >= 11 is 0. The monoisotopic (exact) mass is 369 g/mol. The molecule has 2 aromatic carbocycles. The molecule has 142 valence electrons. The molecule has 0 N–H and O–H groups in total. The highest BCUT2D eigenvalue weighted by atomic mass is 16.3. The second-order valence-electron chi connectivity index (χ2n) is 8.90. The summed E-state index contributed by atoms with van der Waals surface area (Å²) in [7, 11) is 0. The Hall–Kier alpha value is -2.87. The van der Waals surface area contributed by atoms with Gasteiger partial charge in [-0.05, 0) is 68.1 Å². The van der Waals surface area contributed by atoms with Gasteiger partial charge < -0.3 is 4.42 Å². The van der Waals surface area contributed by atoms with Crippen LogP contribution in [0.2, 0.25) is 0 Å². The minimum atomic E-state index is 0.108. The van der Waals surface area contributed by atoms with Gasteiger partial charge in [-0.15, -0.1) is 0 Å². The largest absolute Gasteiger partial charge is 0.454 e. The van der Waals surface area contributed by atoms with Gasteiger partial charge in [0.25, 0.3) is 0 Å². The Morgan fingerprint density at radius 2 is 1.36 bits per heavy atom. The van der Waals surface area contributed by atoms with E-state index >= 15 is 0 Å². The van der Waals surface area contributed by atoms with Crippen LogP contribution in [-0.4, -0.2) is 4.98 Å². The Bertz CT molecular complexity index is 1150. The van der Waals surface area contributed by atoms with Crippen molar-refractivity contribution in [1.29, 1.82) is 0 Å². The van der Waals surface area contributed by atoms with Gasteiger partial charge in [-0.25, -0.2) is 4.98 Å². The lowest BCUT2D eigenvalue weighted by atomic mass is 9.85. The van der Waals surface area contributed by atoms with Crippen molar-refractivity contribution in [2.45, 2.75) is 47.0 Å². The second-order valence-corrected chi connectivity index (χ2v) is 8.90. The van der Waals surface area contributed by atoms with Crippen LogP contribution in [0.4, 0.5) is 0 Å². The Kier molecular flexibility index (Phi) is 4.38. The number of benzene rings is 2. The SMILES string of the molecule is Cc1cc(C)cc(-c2cc3nc(-c4cc(C)cc(C(C)(C)C)c4)ccc3o2)c1. The molecule has 28 heavy (non-hydrogen) atoms. The smallest absolute Gasteiger partial charge is 0.153 e. The molecule has 0 saturated carbocycles. The lowest BCUT2D eigenvalue weighted by Crippen LogP contribution is -2.11. The van der Waals surface area contributed by atoms with Gasteiger partial charge in [-0.3, -0.25) is 0 Å². The zero-order chi connectivity index (χ0) is 20.1. The van der Waals surface area contributed by atoms with Gasteiger partial charge in [-0.1, -0.05) is 49.6 Å². The third-order valence-electron chi connectivity index (χ3n) is 5.12. The third kappa shape index (κ3) is 3.60. The molecule has 0 aliphatic carbocycles. The van der Waals surface area contributed by atoms with Crippen molar-refractivity contribution in [3.05, 3.63) is 76.9 Å². The first-order chi connectivity index (χ1) is 13.2. The van der Waals surface area contributed by atoms with E-state index < -0.39 is 0 Å². The van der Waals surface area contributed by atoms with Crippen LogP contribution in [0.3, 0.4) is 0 Å². The van der Waals surface area contributed by atoms with Gasteiger partial charge in [0.1, 0.15) is 11.3 Å². The van der Waals surface area contributed by atoms with Crippen molar-refractivity contribution < 1.29 is 4.42 Å².